The molecule has 0 atom stereocenters. The smallest absolute Gasteiger partial charge is 0.333 e. The van der Waals surface area contributed by atoms with Gasteiger partial charge in [-0.2, -0.15) is 5.10 Å². The number of imide groups is 1. The summed E-state index contributed by atoms with van der Waals surface area (Å²) in [5, 5.41) is 8.20. The number of aromatic nitrogens is 3. The second kappa shape index (κ2) is 10.3. The topological polar surface area (TPSA) is 95.8 Å². The lowest BCUT2D eigenvalue weighted by Gasteiger charge is -2.36. The van der Waals surface area contributed by atoms with Crippen molar-refractivity contribution in [1.29, 1.82) is 0 Å². The highest BCUT2D eigenvalue weighted by Gasteiger charge is 2.28. The van der Waals surface area contributed by atoms with Gasteiger partial charge in [0, 0.05) is 45.0 Å². The molecule has 1 saturated heterocycles. The first-order valence-electron chi connectivity index (χ1n) is 12.1. The fourth-order valence-electron chi connectivity index (χ4n) is 4.57. The van der Waals surface area contributed by atoms with Crippen molar-refractivity contribution in [1.82, 2.24) is 19.7 Å². The van der Waals surface area contributed by atoms with Gasteiger partial charge in [0.25, 0.3) is 0 Å². The monoisotopic (exact) mass is 499 g/mol. The van der Waals surface area contributed by atoms with Crippen LogP contribution in [0.25, 0.3) is 11.0 Å². The van der Waals surface area contributed by atoms with Gasteiger partial charge in [-0.25, -0.2) is 14.7 Å². The van der Waals surface area contributed by atoms with Crippen LogP contribution in [0.15, 0.2) is 60.8 Å². The van der Waals surface area contributed by atoms with Gasteiger partial charge in [0.1, 0.15) is 11.5 Å². The Balaban J connectivity index is 1.47. The molecule has 4 aromatic rings. The number of pyridine rings is 1. The quantitative estimate of drug-likeness (QED) is 0.401. The number of para-hydroxylation sites is 1. The number of hydrogen-bond acceptors (Lipinski definition) is 7. The highest BCUT2D eigenvalue weighted by molar-refractivity contribution is 6.16. The van der Waals surface area contributed by atoms with Crippen LogP contribution in [-0.2, 0) is 11.8 Å². The zero-order valence-electron chi connectivity index (χ0n) is 21.1. The van der Waals surface area contributed by atoms with Crippen LogP contribution in [0.2, 0.25) is 0 Å². The van der Waals surface area contributed by atoms with Crippen molar-refractivity contribution in [2.24, 2.45) is 7.05 Å². The number of nitrogens with zero attached hydrogens (tertiary/aromatic N) is 6. The molecule has 2 aromatic heterocycles. The normalized spacial score (nSPS) is 14.0. The van der Waals surface area contributed by atoms with Crippen molar-refractivity contribution < 1.29 is 14.3 Å². The van der Waals surface area contributed by atoms with E-state index < -0.39 is 6.03 Å². The maximum absolute atomic E-state index is 13.4. The Bertz CT molecular complexity index is 1430. The van der Waals surface area contributed by atoms with E-state index in [0.717, 1.165) is 47.8 Å². The van der Waals surface area contributed by atoms with E-state index in [0.29, 0.717) is 34.9 Å². The highest BCUT2D eigenvalue weighted by Crippen LogP contribution is 2.38. The van der Waals surface area contributed by atoms with Crippen molar-refractivity contribution >= 4 is 40.5 Å². The molecule has 1 N–H and O–H groups in total. The molecule has 0 saturated carbocycles. The van der Waals surface area contributed by atoms with Gasteiger partial charge >= 0.3 is 6.03 Å². The molecule has 3 amide bonds. The first-order valence-corrected chi connectivity index (χ1v) is 12.1. The van der Waals surface area contributed by atoms with Crippen molar-refractivity contribution in [2.75, 3.05) is 48.3 Å². The van der Waals surface area contributed by atoms with Gasteiger partial charge in [-0.1, -0.05) is 24.3 Å². The van der Waals surface area contributed by atoms with Gasteiger partial charge in [-0.15, -0.1) is 0 Å². The number of urea groups is 1. The van der Waals surface area contributed by atoms with Gasteiger partial charge in [0.2, 0.25) is 6.41 Å². The summed E-state index contributed by atoms with van der Waals surface area (Å²) in [7, 11) is 3.92. The average Bonchev–Trinajstić information content (AvgIpc) is 3.19. The van der Waals surface area contributed by atoms with E-state index in [1.807, 2.05) is 44.3 Å². The Kier molecular flexibility index (Phi) is 6.74. The maximum atomic E-state index is 13.4. The number of nitrogens with one attached hydrogen (secondary N) is 1. The summed E-state index contributed by atoms with van der Waals surface area (Å²) >= 11 is 0. The van der Waals surface area contributed by atoms with Crippen LogP contribution in [0.4, 0.5) is 21.9 Å². The lowest BCUT2D eigenvalue weighted by molar-refractivity contribution is -0.106. The number of carbonyl (C=O) groups is 2. The molecule has 10 heteroatoms. The molecule has 2 aromatic carbocycles. The number of carbonyl (C=O) groups excluding carboxylic acids is 2. The molecular formula is C27H29N7O3. The lowest BCUT2D eigenvalue weighted by atomic mass is 10.1. The SMILES string of the molecule is Cc1nn(C)c2ncc(N(C=O)C(=O)Nc3cccc(Oc4ccccc4)c3)c(N3CCN(C)CC3)c12. The van der Waals surface area contributed by atoms with Gasteiger partial charge in [-0.3, -0.25) is 9.48 Å². The molecule has 1 aliphatic heterocycles. The Labute approximate surface area is 215 Å². The average molecular weight is 500 g/mol. The minimum atomic E-state index is -0.593. The van der Waals surface area contributed by atoms with E-state index in [2.05, 4.69) is 32.2 Å². The third-order valence-corrected chi connectivity index (χ3v) is 6.45. The number of aryl methyl sites for hydroxylation is 2. The molecule has 0 spiro atoms. The predicted octanol–water partition coefficient (Wildman–Crippen LogP) is 4.02. The second-order valence-corrected chi connectivity index (χ2v) is 9.04. The van der Waals surface area contributed by atoms with E-state index in [1.54, 1.807) is 35.1 Å². The summed E-state index contributed by atoms with van der Waals surface area (Å²) < 4.78 is 7.60. The molecule has 0 radical (unpaired) electrons. The van der Waals surface area contributed by atoms with Gasteiger partial charge in [-0.05, 0) is 38.2 Å². The summed E-state index contributed by atoms with van der Waals surface area (Å²) in [5.74, 6) is 1.25. The Morgan fingerprint density at radius 1 is 1.03 bits per heavy atom. The van der Waals surface area contributed by atoms with Crippen molar-refractivity contribution in [3.63, 3.8) is 0 Å². The third-order valence-electron chi connectivity index (χ3n) is 6.45. The number of ether oxygens (including phenoxy) is 1. The van der Waals surface area contributed by atoms with E-state index in [-0.39, 0.29) is 0 Å². The molecule has 0 bridgehead atoms. The number of anilines is 3. The summed E-state index contributed by atoms with van der Waals surface area (Å²) in [6, 6.07) is 15.8. The molecule has 3 heterocycles. The number of piperazine rings is 1. The molecule has 0 unspecified atom stereocenters. The zero-order valence-corrected chi connectivity index (χ0v) is 21.1. The summed E-state index contributed by atoms with van der Waals surface area (Å²) in [5.41, 5.74) is 3.19. The Hall–Kier alpha value is -4.44. The van der Waals surface area contributed by atoms with E-state index in [1.165, 1.54) is 0 Å². The molecule has 10 nitrogen and oxygen atoms in total. The predicted molar refractivity (Wildman–Crippen MR) is 143 cm³/mol. The summed E-state index contributed by atoms with van der Waals surface area (Å²) in [6.45, 7) is 5.15. The van der Waals surface area contributed by atoms with Crippen LogP contribution in [0.5, 0.6) is 11.5 Å². The number of amides is 3. The number of likely N-dealkylation sites (N-methyl/N-ethyl adjacent to an activating group) is 1. The fraction of sp³-hybridized carbons (Fsp3) is 0.259. The molecular weight excluding hydrogens is 470 g/mol. The van der Waals surface area contributed by atoms with Crippen LogP contribution >= 0.6 is 0 Å². The molecule has 5 rings (SSSR count). The third kappa shape index (κ3) is 4.96. The number of fused-ring (bicyclic) bond motifs is 1. The molecule has 37 heavy (non-hydrogen) atoms. The minimum Gasteiger partial charge on any atom is -0.457 e. The first-order chi connectivity index (χ1) is 17.9. The van der Waals surface area contributed by atoms with Crippen LogP contribution in [0.3, 0.4) is 0 Å². The van der Waals surface area contributed by atoms with Crippen LogP contribution < -0.4 is 19.9 Å². The minimum absolute atomic E-state index is 0.414. The number of rotatable bonds is 6. The second-order valence-electron chi connectivity index (χ2n) is 9.04. The van der Waals surface area contributed by atoms with Gasteiger partial charge < -0.3 is 19.9 Å². The van der Waals surface area contributed by atoms with E-state index in [4.69, 9.17) is 4.74 Å². The van der Waals surface area contributed by atoms with Crippen molar-refractivity contribution in [3.8, 4) is 11.5 Å². The van der Waals surface area contributed by atoms with Gasteiger partial charge in [0.05, 0.1) is 28.7 Å². The highest BCUT2D eigenvalue weighted by atomic mass is 16.5. The van der Waals surface area contributed by atoms with E-state index in [9.17, 15) is 9.59 Å². The fourth-order valence-corrected chi connectivity index (χ4v) is 4.57. The molecule has 1 aliphatic rings. The van der Waals surface area contributed by atoms with Crippen LogP contribution in [-0.4, -0.2) is 65.3 Å². The van der Waals surface area contributed by atoms with E-state index >= 15 is 0 Å². The maximum Gasteiger partial charge on any atom is 0.333 e. The van der Waals surface area contributed by atoms with Crippen LogP contribution in [0, 0.1) is 6.92 Å². The zero-order chi connectivity index (χ0) is 25.9. The largest absolute Gasteiger partial charge is 0.457 e. The standard InChI is InChI=1S/C27H29N7O3/c1-19-24-25(33-14-12-31(2)13-15-33)23(17-28-26(24)32(3)30-19)34(18-35)27(36)29-20-8-7-11-22(16-20)37-21-9-5-4-6-10-21/h4-11,16-18H,12-15H2,1-3H3,(H,29,36). The van der Waals surface area contributed by atoms with Gasteiger partial charge in [0.15, 0.2) is 5.65 Å². The molecule has 0 aliphatic carbocycles. The lowest BCUT2D eigenvalue weighted by Crippen LogP contribution is -2.45. The first kappa shape index (κ1) is 24.3. The number of benzene rings is 2. The summed E-state index contributed by atoms with van der Waals surface area (Å²) in [4.78, 5) is 35.8. The molecule has 1 fully saturated rings. The van der Waals surface area contributed by atoms with Crippen molar-refractivity contribution in [2.45, 2.75) is 6.92 Å². The van der Waals surface area contributed by atoms with Crippen molar-refractivity contribution in [3.05, 3.63) is 66.5 Å². The summed E-state index contributed by atoms with van der Waals surface area (Å²) in [6.07, 6.45) is 2.09. The Morgan fingerprint density at radius 2 is 1.76 bits per heavy atom. The number of hydrogen-bond donors (Lipinski definition) is 1. The molecule has 190 valence electrons. The Morgan fingerprint density at radius 3 is 2.49 bits per heavy atom. The van der Waals surface area contributed by atoms with Crippen LogP contribution in [0.1, 0.15) is 5.69 Å².